The van der Waals surface area contributed by atoms with Gasteiger partial charge >= 0.3 is 0 Å². The fourth-order valence-electron chi connectivity index (χ4n) is 5.73. The van der Waals surface area contributed by atoms with E-state index >= 15 is 0 Å². The third-order valence-corrected chi connectivity index (χ3v) is 7.87. The Morgan fingerprint density at radius 1 is 1.11 bits per heavy atom. The number of terminal acetylenes is 1. The minimum Gasteiger partial charge on any atom is -0.395 e. The van der Waals surface area contributed by atoms with Gasteiger partial charge in [0.2, 0.25) is 11.8 Å². The second-order valence-corrected chi connectivity index (χ2v) is 10.1. The molecular formula is C27H39N3O5. The second-order valence-electron chi connectivity index (χ2n) is 10.1. The number of aliphatic hydroxyl groups is 1. The van der Waals surface area contributed by atoms with Crippen LogP contribution in [0.2, 0.25) is 0 Å². The van der Waals surface area contributed by atoms with Crippen molar-refractivity contribution in [1.82, 2.24) is 15.1 Å². The van der Waals surface area contributed by atoms with Gasteiger partial charge in [-0.25, -0.2) is 0 Å². The predicted octanol–water partition coefficient (Wildman–Crippen LogP) is 1.18. The molecule has 8 nitrogen and oxygen atoms in total. The Morgan fingerprint density at radius 3 is 2.37 bits per heavy atom. The molecule has 1 aliphatic heterocycles. The normalized spacial score (nSPS) is 26.3. The number of carbonyl (C=O) groups is 4. The van der Waals surface area contributed by atoms with Crippen molar-refractivity contribution in [1.29, 1.82) is 0 Å². The number of carbonyl (C=O) groups excluding carboxylic acids is 4. The average Bonchev–Trinajstić information content (AvgIpc) is 3.53. The molecule has 2 unspecified atom stereocenters. The summed E-state index contributed by atoms with van der Waals surface area (Å²) in [7, 11) is 0. The SMILES string of the molecule is C#CCN(CCC(=O)C(C)NCCO)C(C)C(=O)CCCCCN1C(=O)[C@@H]2[C@H](C1=O)[C@H]1C=C[C@@H]2C1. The molecule has 3 aliphatic rings. The number of Topliss-reactive ketones (excluding diaryl/α,β-unsaturated/α-hetero) is 2. The standard InChI is InChI=1S/C27H39N3O5/c1-4-13-29(15-11-22(32)18(2)28-12-16-31)19(3)23(33)8-6-5-7-14-30-26(34)24-20-9-10-21(17-20)25(24)27(30)35/h1,9-10,18-21,24-25,28,31H,5-8,11-17H2,2-3H3/t18?,19?,20-,21+,24+,25-. The van der Waals surface area contributed by atoms with Crippen molar-refractivity contribution in [3.63, 3.8) is 0 Å². The first-order valence-corrected chi connectivity index (χ1v) is 12.9. The summed E-state index contributed by atoms with van der Waals surface area (Å²) in [5.41, 5.74) is 0. The summed E-state index contributed by atoms with van der Waals surface area (Å²) in [6, 6.07) is -0.746. The van der Waals surface area contributed by atoms with Gasteiger partial charge in [-0.15, -0.1) is 6.42 Å². The van der Waals surface area contributed by atoms with Crippen LogP contribution in [0.25, 0.3) is 0 Å². The van der Waals surface area contributed by atoms with E-state index < -0.39 is 0 Å². The van der Waals surface area contributed by atoms with E-state index in [9.17, 15) is 19.2 Å². The number of amides is 2. The molecule has 0 radical (unpaired) electrons. The maximum Gasteiger partial charge on any atom is 0.233 e. The van der Waals surface area contributed by atoms with Gasteiger partial charge in [0, 0.05) is 32.5 Å². The molecule has 2 aliphatic carbocycles. The second kappa shape index (κ2) is 12.6. The van der Waals surface area contributed by atoms with Crippen molar-refractivity contribution < 1.29 is 24.3 Å². The van der Waals surface area contributed by atoms with Gasteiger partial charge in [0.05, 0.1) is 37.1 Å². The number of rotatable bonds is 16. The number of fused-ring (bicyclic) bond motifs is 5. The minimum atomic E-state index is -0.386. The van der Waals surface area contributed by atoms with Gasteiger partial charge in [-0.05, 0) is 44.9 Å². The van der Waals surface area contributed by atoms with E-state index in [2.05, 4.69) is 23.4 Å². The molecular weight excluding hydrogens is 446 g/mol. The molecule has 0 aromatic rings. The van der Waals surface area contributed by atoms with Crippen LogP contribution in [0.15, 0.2) is 12.2 Å². The quantitative estimate of drug-likeness (QED) is 0.146. The zero-order valence-corrected chi connectivity index (χ0v) is 20.9. The Morgan fingerprint density at radius 2 is 1.77 bits per heavy atom. The van der Waals surface area contributed by atoms with Gasteiger partial charge in [-0.1, -0.05) is 24.5 Å². The number of ketones is 2. The van der Waals surface area contributed by atoms with Crippen LogP contribution < -0.4 is 5.32 Å². The highest BCUT2D eigenvalue weighted by Crippen LogP contribution is 2.52. The summed E-state index contributed by atoms with van der Waals surface area (Å²) >= 11 is 0. The van der Waals surface area contributed by atoms with Crippen molar-refractivity contribution in [3.8, 4) is 12.3 Å². The molecule has 1 heterocycles. The Bertz CT molecular complexity index is 849. The highest BCUT2D eigenvalue weighted by molar-refractivity contribution is 6.06. The maximum absolute atomic E-state index is 12.8. The van der Waals surface area contributed by atoms with Crippen LogP contribution in [-0.2, 0) is 19.2 Å². The number of hydrogen-bond donors (Lipinski definition) is 2. The molecule has 8 heteroatoms. The highest BCUT2D eigenvalue weighted by Gasteiger charge is 2.58. The van der Waals surface area contributed by atoms with Crippen LogP contribution in [0.5, 0.6) is 0 Å². The molecule has 6 atom stereocenters. The lowest BCUT2D eigenvalue weighted by Gasteiger charge is -2.26. The van der Waals surface area contributed by atoms with Crippen LogP contribution >= 0.6 is 0 Å². The van der Waals surface area contributed by atoms with Crippen LogP contribution in [0.4, 0.5) is 0 Å². The number of nitrogens with one attached hydrogen (secondary N) is 1. The molecule has 2 fully saturated rings. The van der Waals surface area contributed by atoms with E-state index in [4.69, 9.17) is 11.5 Å². The number of unbranched alkanes of at least 4 members (excludes halogenated alkanes) is 2. The average molecular weight is 486 g/mol. The molecule has 35 heavy (non-hydrogen) atoms. The first-order chi connectivity index (χ1) is 16.8. The summed E-state index contributed by atoms with van der Waals surface area (Å²) < 4.78 is 0. The van der Waals surface area contributed by atoms with Crippen molar-refractivity contribution in [2.45, 2.75) is 64.5 Å². The number of nitrogens with zero attached hydrogens (tertiary/aromatic N) is 2. The molecule has 2 N–H and O–H groups in total. The monoisotopic (exact) mass is 485 g/mol. The largest absolute Gasteiger partial charge is 0.395 e. The van der Waals surface area contributed by atoms with Crippen molar-refractivity contribution in [3.05, 3.63) is 12.2 Å². The molecule has 1 saturated carbocycles. The summed E-state index contributed by atoms with van der Waals surface area (Å²) in [5.74, 6) is 2.79. The van der Waals surface area contributed by atoms with Crippen molar-refractivity contribution in [2.24, 2.45) is 23.7 Å². The first kappa shape index (κ1) is 27.3. The fourth-order valence-corrected chi connectivity index (χ4v) is 5.73. The van der Waals surface area contributed by atoms with Crippen LogP contribution in [-0.4, -0.2) is 83.2 Å². The predicted molar refractivity (Wildman–Crippen MR) is 132 cm³/mol. The minimum absolute atomic E-state index is 0.0121. The zero-order valence-electron chi connectivity index (χ0n) is 20.9. The van der Waals surface area contributed by atoms with Crippen LogP contribution in [0, 0.1) is 36.0 Å². The Hall–Kier alpha value is -2.34. The summed E-state index contributed by atoms with van der Waals surface area (Å²) in [6.45, 7) is 5.03. The fraction of sp³-hybridized carbons (Fsp3) is 0.704. The molecule has 0 spiro atoms. The van der Waals surface area contributed by atoms with E-state index in [1.54, 1.807) is 6.92 Å². The smallest absolute Gasteiger partial charge is 0.233 e. The molecule has 0 aromatic carbocycles. The van der Waals surface area contributed by atoms with Gasteiger partial charge in [-0.2, -0.15) is 0 Å². The molecule has 2 bridgehead atoms. The zero-order chi connectivity index (χ0) is 25.5. The van der Waals surface area contributed by atoms with Gasteiger partial charge in [0.25, 0.3) is 0 Å². The van der Waals surface area contributed by atoms with E-state index in [-0.39, 0.29) is 78.7 Å². The lowest BCUT2D eigenvalue weighted by atomic mass is 9.85. The van der Waals surface area contributed by atoms with Crippen molar-refractivity contribution >= 4 is 23.4 Å². The molecule has 3 rings (SSSR count). The van der Waals surface area contributed by atoms with E-state index in [1.807, 2.05) is 11.8 Å². The highest BCUT2D eigenvalue weighted by atomic mass is 16.3. The third kappa shape index (κ3) is 6.27. The van der Waals surface area contributed by atoms with Gasteiger partial charge in [-0.3, -0.25) is 29.0 Å². The Kier molecular flexibility index (Phi) is 9.79. The molecule has 0 aromatic heterocycles. The Labute approximate surface area is 208 Å². The van der Waals surface area contributed by atoms with E-state index in [1.165, 1.54) is 4.90 Å². The summed E-state index contributed by atoms with van der Waals surface area (Å²) in [4.78, 5) is 53.8. The van der Waals surface area contributed by atoms with Crippen molar-refractivity contribution in [2.75, 3.05) is 32.8 Å². The molecule has 192 valence electrons. The van der Waals surface area contributed by atoms with Crippen LogP contribution in [0.3, 0.4) is 0 Å². The van der Waals surface area contributed by atoms with E-state index in [0.29, 0.717) is 38.9 Å². The summed E-state index contributed by atoms with van der Waals surface area (Å²) in [5, 5.41) is 11.8. The first-order valence-electron chi connectivity index (χ1n) is 12.9. The van der Waals surface area contributed by atoms with Gasteiger partial charge < -0.3 is 10.4 Å². The number of allylic oxidation sites excluding steroid dienone is 2. The topological polar surface area (TPSA) is 107 Å². The molecule has 2 amide bonds. The lowest BCUT2D eigenvalue weighted by Crippen LogP contribution is -2.42. The Balaban J connectivity index is 1.36. The maximum atomic E-state index is 12.8. The van der Waals surface area contributed by atoms with Crippen LogP contribution in [0.1, 0.15) is 52.4 Å². The molecule has 1 saturated heterocycles. The van der Waals surface area contributed by atoms with Gasteiger partial charge in [0.15, 0.2) is 5.78 Å². The van der Waals surface area contributed by atoms with Gasteiger partial charge in [0.1, 0.15) is 5.78 Å². The number of likely N-dealkylation sites (tertiary alicyclic amines) is 1. The number of imide groups is 1. The third-order valence-electron chi connectivity index (χ3n) is 7.87. The number of aliphatic hydroxyl groups excluding tert-OH is 1. The number of hydrogen-bond acceptors (Lipinski definition) is 7. The van der Waals surface area contributed by atoms with E-state index in [0.717, 1.165) is 12.8 Å². The lowest BCUT2D eigenvalue weighted by molar-refractivity contribution is -0.140. The summed E-state index contributed by atoms with van der Waals surface area (Å²) in [6.07, 6.45) is 13.4.